The van der Waals surface area contributed by atoms with Gasteiger partial charge in [-0.3, -0.25) is 0 Å². The molecule has 0 aliphatic carbocycles. The van der Waals surface area contributed by atoms with Crippen molar-refractivity contribution < 1.29 is 9.90 Å². The van der Waals surface area contributed by atoms with E-state index in [2.05, 4.69) is 9.24 Å². The Morgan fingerprint density at radius 2 is 2.33 bits per heavy atom. The summed E-state index contributed by atoms with van der Waals surface area (Å²) < 4.78 is 0. The standard InChI is InChI=1S/C3H5O2P/c4-3(5)1-2-6/h1-2H,6H2,(H,4,5)/b2-1+. The van der Waals surface area contributed by atoms with Gasteiger partial charge in [-0.2, -0.15) is 0 Å². The lowest BCUT2D eigenvalue weighted by Gasteiger charge is -1.68. The zero-order valence-corrected chi connectivity index (χ0v) is 4.24. The van der Waals surface area contributed by atoms with Crippen molar-refractivity contribution >= 4 is 15.2 Å². The van der Waals surface area contributed by atoms with E-state index in [1.54, 1.807) is 0 Å². The lowest BCUT2D eigenvalue weighted by molar-refractivity contribution is -0.131. The number of hydrogen-bond donors (Lipinski definition) is 1. The highest BCUT2D eigenvalue weighted by molar-refractivity contribution is 7.20. The van der Waals surface area contributed by atoms with Crippen molar-refractivity contribution in [2.75, 3.05) is 0 Å². The van der Waals surface area contributed by atoms with Gasteiger partial charge in [-0.25, -0.2) is 4.79 Å². The van der Waals surface area contributed by atoms with Crippen LogP contribution >= 0.6 is 9.24 Å². The summed E-state index contributed by atoms with van der Waals surface area (Å²) in [5, 5.41) is 7.81. The van der Waals surface area contributed by atoms with Gasteiger partial charge in [-0.15, -0.1) is 9.24 Å². The monoisotopic (exact) mass is 104 g/mol. The fourth-order valence-corrected chi connectivity index (χ4v) is 0.247. The minimum absolute atomic E-state index is 0.912. The van der Waals surface area contributed by atoms with Crippen LogP contribution in [0.4, 0.5) is 0 Å². The largest absolute Gasteiger partial charge is 0.478 e. The second-order valence-electron chi connectivity index (χ2n) is 0.697. The van der Waals surface area contributed by atoms with Gasteiger partial charge in [0.15, 0.2) is 0 Å². The molecule has 0 aliphatic rings. The van der Waals surface area contributed by atoms with Gasteiger partial charge in [0, 0.05) is 6.08 Å². The number of carbonyl (C=O) groups is 1. The lowest BCUT2D eigenvalue weighted by Crippen LogP contribution is -1.83. The predicted molar refractivity (Wildman–Crippen MR) is 26.5 cm³/mol. The van der Waals surface area contributed by atoms with Crippen molar-refractivity contribution in [1.29, 1.82) is 0 Å². The number of carboxylic acids is 1. The molecule has 2 nitrogen and oxygen atoms in total. The Bertz CT molecular complexity index is 76.9. The van der Waals surface area contributed by atoms with Crippen LogP contribution in [0.15, 0.2) is 11.9 Å². The molecule has 0 saturated carbocycles. The maximum atomic E-state index is 9.50. The summed E-state index contributed by atoms with van der Waals surface area (Å²) in [6, 6.07) is 0. The van der Waals surface area contributed by atoms with E-state index in [0.29, 0.717) is 0 Å². The molecule has 0 spiro atoms. The first-order chi connectivity index (χ1) is 2.77. The summed E-state index contributed by atoms with van der Waals surface area (Å²) in [5.74, 6) is 0.479. The highest BCUT2D eigenvalue weighted by Crippen LogP contribution is 1.79. The number of rotatable bonds is 1. The van der Waals surface area contributed by atoms with E-state index < -0.39 is 5.97 Å². The molecule has 0 aromatic heterocycles. The van der Waals surface area contributed by atoms with Crippen LogP contribution in [0.5, 0.6) is 0 Å². The summed E-state index contributed by atoms with van der Waals surface area (Å²) in [5.41, 5.74) is 0. The van der Waals surface area contributed by atoms with Crippen molar-refractivity contribution in [1.82, 2.24) is 0 Å². The van der Waals surface area contributed by atoms with Crippen molar-refractivity contribution in [3.05, 3.63) is 11.9 Å². The number of hydrogen-bond acceptors (Lipinski definition) is 1. The van der Waals surface area contributed by atoms with Crippen LogP contribution in [-0.2, 0) is 4.79 Å². The Hall–Kier alpha value is -0.360. The molecule has 1 N–H and O–H groups in total. The molecular formula is C3H5O2P. The molecule has 0 heterocycles. The van der Waals surface area contributed by atoms with Crippen LogP contribution in [0.2, 0.25) is 0 Å². The van der Waals surface area contributed by atoms with E-state index in [1.807, 2.05) is 0 Å². The first-order valence-corrected chi connectivity index (χ1v) is 2.05. The van der Waals surface area contributed by atoms with Crippen molar-refractivity contribution in [3.63, 3.8) is 0 Å². The third kappa shape index (κ3) is 3.64. The molecule has 34 valence electrons. The summed E-state index contributed by atoms with van der Waals surface area (Å²) in [7, 11) is 2.16. The van der Waals surface area contributed by atoms with E-state index in [-0.39, 0.29) is 0 Å². The normalized spacial score (nSPS) is 9.50. The molecule has 0 amide bonds. The summed E-state index contributed by atoms with van der Waals surface area (Å²) >= 11 is 0. The van der Waals surface area contributed by atoms with E-state index >= 15 is 0 Å². The van der Waals surface area contributed by atoms with Gasteiger partial charge >= 0.3 is 5.97 Å². The molecule has 0 saturated heterocycles. The zero-order chi connectivity index (χ0) is 4.99. The molecule has 1 unspecified atom stereocenters. The fraction of sp³-hybridized carbons (Fsp3) is 0. The van der Waals surface area contributed by atoms with Crippen molar-refractivity contribution in [2.24, 2.45) is 0 Å². The molecule has 0 rings (SSSR count). The molecule has 0 fully saturated rings. The van der Waals surface area contributed by atoms with Gasteiger partial charge in [-0.05, 0) is 0 Å². The average molecular weight is 104 g/mol. The fourth-order valence-electron chi connectivity index (χ4n) is 0.0823. The molecule has 0 bridgehead atoms. The maximum absolute atomic E-state index is 9.50. The van der Waals surface area contributed by atoms with Crippen LogP contribution < -0.4 is 0 Å². The lowest BCUT2D eigenvalue weighted by atomic mass is 10.7. The third-order valence-electron chi connectivity index (χ3n) is 0.239. The summed E-state index contributed by atoms with van der Waals surface area (Å²) in [6.07, 6.45) is 1.05. The highest BCUT2D eigenvalue weighted by atomic mass is 31.0. The second kappa shape index (κ2) is 2.86. The van der Waals surface area contributed by atoms with Gasteiger partial charge in [0.05, 0.1) is 0 Å². The van der Waals surface area contributed by atoms with Crippen molar-refractivity contribution in [2.45, 2.75) is 0 Å². The van der Waals surface area contributed by atoms with Crippen LogP contribution in [0, 0.1) is 0 Å². The smallest absolute Gasteiger partial charge is 0.328 e. The molecular weight excluding hydrogens is 99.0 g/mol. The van der Waals surface area contributed by atoms with Gasteiger partial charge in [0.25, 0.3) is 0 Å². The van der Waals surface area contributed by atoms with Crippen molar-refractivity contribution in [3.8, 4) is 0 Å². The minimum atomic E-state index is -0.912. The molecule has 0 aromatic rings. The topological polar surface area (TPSA) is 37.3 Å². The van der Waals surface area contributed by atoms with Gasteiger partial charge in [0.1, 0.15) is 0 Å². The molecule has 3 heteroatoms. The minimum Gasteiger partial charge on any atom is -0.478 e. The Kier molecular flexibility index (Phi) is 2.68. The molecule has 0 aromatic carbocycles. The maximum Gasteiger partial charge on any atom is 0.328 e. The SMILES string of the molecule is O=C(O)/C=C/P. The van der Waals surface area contributed by atoms with Crippen LogP contribution in [0.25, 0.3) is 0 Å². The first-order valence-electron chi connectivity index (χ1n) is 1.38. The Balaban J connectivity index is 3.30. The predicted octanol–water partition coefficient (Wildman–Crippen LogP) is 0.460. The molecule has 0 radical (unpaired) electrons. The summed E-state index contributed by atoms with van der Waals surface area (Å²) in [6.45, 7) is 0. The highest BCUT2D eigenvalue weighted by Gasteiger charge is 1.76. The quantitative estimate of drug-likeness (QED) is 0.387. The van der Waals surface area contributed by atoms with E-state index in [9.17, 15) is 4.79 Å². The Morgan fingerprint density at radius 3 is 2.33 bits per heavy atom. The van der Waals surface area contributed by atoms with Crippen LogP contribution in [-0.4, -0.2) is 11.1 Å². The van der Waals surface area contributed by atoms with Gasteiger partial charge in [0.2, 0.25) is 0 Å². The van der Waals surface area contributed by atoms with E-state index in [4.69, 9.17) is 5.11 Å². The molecule has 0 aliphatic heterocycles. The number of aliphatic carboxylic acids is 1. The van der Waals surface area contributed by atoms with Crippen LogP contribution in [0.3, 0.4) is 0 Å². The van der Waals surface area contributed by atoms with E-state index in [0.717, 1.165) is 6.08 Å². The first kappa shape index (κ1) is 5.64. The van der Waals surface area contributed by atoms with Gasteiger partial charge < -0.3 is 5.11 Å². The average Bonchev–Trinajstić information content (AvgIpc) is 1.35. The van der Waals surface area contributed by atoms with Crippen LogP contribution in [0.1, 0.15) is 0 Å². The third-order valence-corrected chi connectivity index (χ3v) is 0.431. The summed E-state index contributed by atoms with van der Waals surface area (Å²) in [4.78, 5) is 9.50. The number of carboxylic acid groups (broad SMARTS) is 1. The van der Waals surface area contributed by atoms with Gasteiger partial charge in [-0.1, -0.05) is 5.82 Å². The Labute approximate surface area is 38.1 Å². The molecule has 6 heavy (non-hydrogen) atoms. The Morgan fingerprint density at radius 1 is 1.83 bits per heavy atom. The van der Waals surface area contributed by atoms with E-state index in [1.165, 1.54) is 5.82 Å². The second-order valence-corrected chi connectivity index (χ2v) is 1.08. The zero-order valence-electron chi connectivity index (χ0n) is 3.09. The molecule has 1 atom stereocenters.